The van der Waals surface area contributed by atoms with Crippen molar-refractivity contribution in [3.63, 3.8) is 0 Å². The van der Waals surface area contributed by atoms with E-state index in [4.69, 9.17) is 0 Å². The van der Waals surface area contributed by atoms with Crippen molar-refractivity contribution < 1.29 is 8.42 Å². The maximum absolute atomic E-state index is 11.6. The number of sulfonamides is 1. The molecule has 1 aliphatic carbocycles. The molecule has 15 heavy (non-hydrogen) atoms. The molecular weight excluding hydrogens is 212 g/mol. The quantitative estimate of drug-likeness (QED) is 0.733. The van der Waals surface area contributed by atoms with E-state index in [2.05, 4.69) is 17.0 Å². The van der Waals surface area contributed by atoms with Crippen LogP contribution in [0.25, 0.3) is 0 Å². The third-order valence-corrected chi connectivity index (χ3v) is 5.42. The summed E-state index contributed by atoms with van der Waals surface area (Å²) in [6, 6.07) is 0. The molecular formula is C10H20N2O2S. The zero-order valence-corrected chi connectivity index (χ0v) is 10.0. The highest BCUT2D eigenvalue weighted by Gasteiger charge is 2.36. The summed E-state index contributed by atoms with van der Waals surface area (Å²) in [4.78, 5) is 0. The Labute approximate surface area is 91.9 Å². The molecule has 0 spiro atoms. The van der Waals surface area contributed by atoms with E-state index >= 15 is 0 Å². The Morgan fingerprint density at radius 1 is 1.33 bits per heavy atom. The van der Waals surface area contributed by atoms with E-state index in [9.17, 15) is 8.42 Å². The van der Waals surface area contributed by atoms with Crippen LogP contribution in [-0.4, -0.2) is 33.3 Å². The van der Waals surface area contributed by atoms with Crippen molar-refractivity contribution in [1.29, 1.82) is 0 Å². The summed E-state index contributed by atoms with van der Waals surface area (Å²) in [5.74, 6) is 1.07. The van der Waals surface area contributed by atoms with Crippen LogP contribution in [0.4, 0.5) is 0 Å². The molecule has 1 saturated carbocycles. The Morgan fingerprint density at radius 2 is 2.07 bits per heavy atom. The summed E-state index contributed by atoms with van der Waals surface area (Å²) in [5.41, 5.74) is 0. The molecule has 88 valence electrons. The van der Waals surface area contributed by atoms with Gasteiger partial charge in [0, 0.05) is 6.54 Å². The summed E-state index contributed by atoms with van der Waals surface area (Å²) < 4.78 is 26.0. The van der Waals surface area contributed by atoms with E-state index in [1.54, 1.807) is 0 Å². The van der Waals surface area contributed by atoms with Crippen molar-refractivity contribution in [2.45, 2.75) is 31.4 Å². The Hall–Kier alpha value is -0.130. The molecule has 0 bridgehead atoms. The van der Waals surface area contributed by atoms with E-state index < -0.39 is 10.0 Å². The van der Waals surface area contributed by atoms with E-state index in [1.807, 2.05) is 0 Å². The van der Waals surface area contributed by atoms with Crippen molar-refractivity contribution in [1.82, 2.24) is 10.0 Å². The van der Waals surface area contributed by atoms with Crippen molar-refractivity contribution in [2.24, 2.45) is 11.8 Å². The lowest BCUT2D eigenvalue weighted by Gasteiger charge is -2.29. The van der Waals surface area contributed by atoms with E-state index in [1.165, 1.54) is 0 Å². The molecule has 2 N–H and O–H groups in total. The lowest BCUT2D eigenvalue weighted by Crippen LogP contribution is -2.42. The van der Waals surface area contributed by atoms with Crippen LogP contribution >= 0.6 is 0 Å². The zero-order chi connectivity index (χ0) is 10.9. The summed E-state index contributed by atoms with van der Waals surface area (Å²) in [7, 11) is -2.99. The average molecular weight is 232 g/mol. The SMILES string of the molecule is CC1CCNCC1CNS(=O)(=O)C1CC1. The topological polar surface area (TPSA) is 58.2 Å². The van der Waals surface area contributed by atoms with Gasteiger partial charge in [-0.25, -0.2) is 13.1 Å². The highest BCUT2D eigenvalue weighted by atomic mass is 32.2. The first-order valence-electron chi connectivity index (χ1n) is 5.79. The number of piperidine rings is 1. The second-order valence-electron chi connectivity index (χ2n) is 4.82. The van der Waals surface area contributed by atoms with Gasteiger partial charge in [-0.3, -0.25) is 0 Å². The van der Waals surface area contributed by atoms with E-state index in [0.717, 1.165) is 32.4 Å². The Balaban J connectivity index is 1.81. The Morgan fingerprint density at radius 3 is 2.67 bits per heavy atom. The van der Waals surface area contributed by atoms with Crippen LogP contribution in [0.5, 0.6) is 0 Å². The van der Waals surface area contributed by atoms with Gasteiger partial charge in [0.05, 0.1) is 5.25 Å². The van der Waals surface area contributed by atoms with Gasteiger partial charge in [-0.15, -0.1) is 0 Å². The first-order valence-corrected chi connectivity index (χ1v) is 7.33. The number of hydrogen-bond donors (Lipinski definition) is 2. The van der Waals surface area contributed by atoms with Gasteiger partial charge in [-0.2, -0.15) is 0 Å². The molecule has 5 heteroatoms. The van der Waals surface area contributed by atoms with E-state index in [-0.39, 0.29) is 5.25 Å². The molecule has 2 aliphatic rings. The normalized spacial score (nSPS) is 32.9. The molecule has 0 amide bonds. The highest BCUT2D eigenvalue weighted by Crippen LogP contribution is 2.27. The van der Waals surface area contributed by atoms with Gasteiger partial charge in [0.2, 0.25) is 10.0 Å². The van der Waals surface area contributed by atoms with Crippen molar-refractivity contribution in [3.8, 4) is 0 Å². The molecule has 0 aromatic carbocycles. The monoisotopic (exact) mass is 232 g/mol. The van der Waals surface area contributed by atoms with Crippen LogP contribution in [0.15, 0.2) is 0 Å². The second kappa shape index (κ2) is 4.39. The smallest absolute Gasteiger partial charge is 0.214 e. The molecule has 0 radical (unpaired) electrons. The van der Waals surface area contributed by atoms with Gasteiger partial charge in [-0.1, -0.05) is 6.92 Å². The third-order valence-electron chi connectivity index (χ3n) is 3.50. The minimum atomic E-state index is -2.99. The lowest BCUT2D eigenvalue weighted by molar-refractivity contribution is 0.275. The van der Waals surface area contributed by atoms with Crippen LogP contribution in [0.3, 0.4) is 0 Å². The van der Waals surface area contributed by atoms with Crippen LogP contribution in [0.2, 0.25) is 0 Å². The Bertz CT molecular complexity index is 311. The molecule has 0 aromatic rings. The van der Waals surface area contributed by atoms with Gasteiger partial charge in [0.15, 0.2) is 0 Å². The summed E-state index contributed by atoms with van der Waals surface area (Å²) >= 11 is 0. The van der Waals surface area contributed by atoms with Gasteiger partial charge in [-0.05, 0) is 44.2 Å². The Kier molecular flexibility index (Phi) is 3.33. The third kappa shape index (κ3) is 2.92. The van der Waals surface area contributed by atoms with Crippen molar-refractivity contribution in [2.75, 3.05) is 19.6 Å². The maximum Gasteiger partial charge on any atom is 0.214 e. The molecule has 2 rings (SSSR count). The molecule has 1 saturated heterocycles. The molecule has 1 heterocycles. The summed E-state index contributed by atoms with van der Waals surface area (Å²) in [6.07, 6.45) is 2.83. The first kappa shape index (κ1) is 11.4. The number of nitrogens with one attached hydrogen (secondary N) is 2. The fourth-order valence-corrected chi connectivity index (χ4v) is 3.49. The van der Waals surface area contributed by atoms with Crippen molar-refractivity contribution >= 4 is 10.0 Å². The molecule has 4 nitrogen and oxygen atoms in total. The number of hydrogen-bond acceptors (Lipinski definition) is 3. The van der Waals surface area contributed by atoms with Gasteiger partial charge < -0.3 is 5.32 Å². The van der Waals surface area contributed by atoms with E-state index in [0.29, 0.717) is 18.4 Å². The molecule has 2 fully saturated rings. The van der Waals surface area contributed by atoms with Crippen LogP contribution < -0.4 is 10.0 Å². The summed E-state index contributed by atoms with van der Waals surface area (Å²) in [5, 5.41) is 3.22. The van der Waals surface area contributed by atoms with Gasteiger partial charge >= 0.3 is 0 Å². The van der Waals surface area contributed by atoms with Crippen LogP contribution in [0, 0.1) is 11.8 Å². The summed E-state index contributed by atoms with van der Waals surface area (Å²) in [6.45, 7) is 4.81. The minimum Gasteiger partial charge on any atom is -0.316 e. The fraction of sp³-hybridized carbons (Fsp3) is 1.00. The van der Waals surface area contributed by atoms with Crippen LogP contribution in [0.1, 0.15) is 26.2 Å². The predicted molar refractivity (Wildman–Crippen MR) is 60.1 cm³/mol. The fourth-order valence-electron chi connectivity index (χ4n) is 2.05. The lowest BCUT2D eigenvalue weighted by atomic mass is 9.88. The molecule has 1 aliphatic heterocycles. The standard InChI is InChI=1S/C10H20N2O2S/c1-8-4-5-11-6-9(8)7-12-15(13,14)10-2-3-10/h8-12H,2-7H2,1H3. The largest absolute Gasteiger partial charge is 0.316 e. The van der Waals surface area contributed by atoms with Crippen molar-refractivity contribution in [3.05, 3.63) is 0 Å². The average Bonchev–Trinajstić information content (AvgIpc) is 3.00. The van der Waals surface area contributed by atoms with Gasteiger partial charge in [0.1, 0.15) is 0 Å². The molecule has 2 unspecified atom stereocenters. The highest BCUT2D eigenvalue weighted by molar-refractivity contribution is 7.90. The predicted octanol–water partition coefficient (Wildman–Crippen LogP) is 0.314. The van der Waals surface area contributed by atoms with Crippen LogP contribution in [-0.2, 0) is 10.0 Å². The second-order valence-corrected chi connectivity index (χ2v) is 6.87. The zero-order valence-electron chi connectivity index (χ0n) is 9.20. The number of rotatable bonds is 4. The minimum absolute atomic E-state index is 0.0932. The first-order chi connectivity index (χ1) is 7.09. The molecule has 2 atom stereocenters. The maximum atomic E-state index is 11.6. The molecule has 0 aromatic heterocycles. The van der Waals surface area contributed by atoms with Gasteiger partial charge in [0.25, 0.3) is 0 Å².